The van der Waals surface area contributed by atoms with Crippen molar-refractivity contribution in [1.29, 1.82) is 0 Å². The zero-order valence-corrected chi connectivity index (χ0v) is 13.6. The van der Waals surface area contributed by atoms with E-state index in [9.17, 15) is 4.79 Å². The summed E-state index contributed by atoms with van der Waals surface area (Å²) >= 11 is 0. The van der Waals surface area contributed by atoms with Gasteiger partial charge in [0.2, 0.25) is 6.79 Å². The maximum Gasteiger partial charge on any atom is 0.255 e. The van der Waals surface area contributed by atoms with Gasteiger partial charge in [-0.15, -0.1) is 0 Å². The number of ether oxygens (including phenoxy) is 4. The average molecular weight is 329 g/mol. The summed E-state index contributed by atoms with van der Waals surface area (Å²) < 4.78 is 21.0. The van der Waals surface area contributed by atoms with Crippen molar-refractivity contribution in [3.8, 4) is 23.0 Å². The molecule has 1 aliphatic rings. The predicted molar refractivity (Wildman–Crippen MR) is 88.1 cm³/mol. The van der Waals surface area contributed by atoms with E-state index in [0.717, 1.165) is 17.1 Å². The van der Waals surface area contributed by atoms with Crippen LogP contribution in [0.4, 0.5) is 0 Å². The third kappa shape index (κ3) is 3.37. The second-order valence-corrected chi connectivity index (χ2v) is 5.26. The molecule has 0 saturated carbocycles. The molecule has 0 fully saturated rings. The average Bonchev–Trinajstić information content (AvgIpc) is 3.08. The first kappa shape index (κ1) is 16.0. The van der Waals surface area contributed by atoms with Crippen LogP contribution in [0.3, 0.4) is 0 Å². The van der Waals surface area contributed by atoms with Crippen LogP contribution in [0.2, 0.25) is 0 Å². The van der Waals surface area contributed by atoms with Gasteiger partial charge >= 0.3 is 0 Å². The summed E-state index contributed by atoms with van der Waals surface area (Å²) in [7, 11) is 3.09. The topological polar surface area (TPSA) is 66.0 Å². The molecule has 0 saturated heterocycles. The Bertz CT molecular complexity index is 744. The Hall–Kier alpha value is -2.89. The summed E-state index contributed by atoms with van der Waals surface area (Å²) in [4.78, 5) is 12.4. The first-order chi connectivity index (χ1) is 11.7. The molecule has 6 nitrogen and oxygen atoms in total. The highest BCUT2D eigenvalue weighted by atomic mass is 16.7. The molecule has 0 aromatic heterocycles. The van der Waals surface area contributed by atoms with E-state index >= 15 is 0 Å². The van der Waals surface area contributed by atoms with Gasteiger partial charge in [0.15, 0.2) is 11.5 Å². The normalized spacial score (nSPS) is 11.9. The van der Waals surface area contributed by atoms with Crippen LogP contribution in [0.15, 0.2) is 36.4 Å². The summed E-state index contributed by atoms with van der Waals surface area (Å²) in [6.07, 6.45) is 0.689. The van der Waals surface area contributed by atoms with Gasteiger partial charge < -0.3 is 24.3 Å². The summed E-state index contributed by atoms with van der Waals surface area (Å²) in [6, 6.07) is 10.9. The monoisotopic (exact) mass is 329 g/mol. The number of benzene rings is 2. The van der Waals surface area contributed by atoms with Crippen LogP contribution >= 0.6 is 0 Å². The molecule has 2 aromatic carbocycles. The molecule has 1 amide bonds. The molecule has 24 heavy (non-hydrogen) atoms. The highest BCUT2D eigenvalue weighted by Crippen LogP contribution is 2.32. The number of hydrogen-bond donors (Lipinski definition) is 1. The van der Waals surface area contributed by atoms with Crippen molar-refractivity contribution < 1.29 is 23.7 Å². The fourth-order valence-electron chi connectivity index (χ4n) is 2.50. The molecule has 1 heterocycles. The molecule has 0 bridgehead atoms. The fraction of sp³-hybridized carbons (Fsp3) is 0.278. The fourth-order valence-corrected chi connectivity index (χ4v) is 2.50. The van der Waals surface area contributed by atoms with Crippen molar-refractivity contribution in [2.45, 2.75) is 6.42 Å². The molecule has 0 radical (unpaired) electrons. The molecule has 1 N–H and O–H groups in total. The quantitative estimate of drug-likeness (QED) is 0.881. The van der Waals surface area contributed by atoms with Gasteiger partial charge in [-0.1, -0.05) is 6.07 Å². The Labute approximate surface area is 140 Å². The number of amides is 1. The van der Waals surface area contributed by atoms with E-state index in [1.807, 2.05) is 18.2 Å². The number of carbonyl (C=O) groups excluding carboxylic acids is 1. The lowest BCUT2D eigenvalue weighted by Gasteiger charge is -2.11. The molecular weight excluding hydrogens is 310 g/mol. The van der Waals surface area contributed by atoms with Gasteiger partial charge in [-0.05, 0) is 42.3 Å². The Morgan fingerprint density at radius 2 is 1.92 bits per heavy atom. The van der Waals surface area contributed by atoms with Crippen LogP contribution in [-0.4, -0.2) is 33.5 Å². The SMILES string of the molecule is COc1ccc(OC)c(C(=O)NCCc2ccc3c(c2)OCO3)c1. The standard InChI is InChI=1S/C18H19NO5/c1-21-13-4-6-15(22-2)14(10-13)18(20)19-8-7-12-3-5-16-17(9-12)24-11-23-16/h3-6,9-10H,7-8,11H2,1-2H3,(H,19,20). The predicted octanol–water partition coefficient (Wildman–Crippen LogP) is 2.41. The molecule has 0 spiro atoms. The highest BCUT2D eigenvalue weighted by Gasteiger charge is 2.15. The first-order valence-electron chi connectivity index (χ1n) is 7.60. The zero-order chi connectivity index (χ0) is 16.9. The minimum atomic E-state index is -0.202. The smallest absolute Gasteiger partial charge is 0.255 e. The van der Waals surface area contributed by atoms with Gasteiger partial charge in [-0.25, -0.2) is 0 Å². The number of methoxy groups -OCH3 is 2. The van der Waals surface area contributed by atoms with Crippen molar-refractivity contribution in [2.75, 3.05) is 27.6 Å². The second-order valence-electron chi connectivity index (χ2n) is 5.26. The van der Waals surface area contributed by atoms with Crippen molar-refractivity contribution >= 4 is 5.91 Å². The van der Waals surface area contributed by atoms with E-state index in [1.54, 1.807) is 25.3 Å². The summed E-state index contributed by atoms with van der Waals surface area (Å²) in [5, 5.41) is 2.89. The summed E-state index contributed by atoms with van der Waals surface area (Å²) in [5.74, 6) is 2.41. The van der Waals surface area contributed by atoms with Gasteiger partial charge in [-0.2, -0.15) is 0 Å². The number of nitrogens with one attached hydrogen (secondary N) is 1. The second kappa shape index (κ2) is 7.12. The third-order valence-corrected chi connectivity index (χ3v) is 3.79. The third-order valence-electron chi connectivity index (χ3n) is 3.79. The Morgan fingerprint density at radius 1 is 1.08 bits per heavy atom. The van der Waals surface area contributed by atoms with E-state index in [2.05, 4.69) is 5.32 Å². The molecule has 1 aliphatic heterocycles. The van der Waals surface area contributed by atoms with Crippen LogP contribution < -0.4 is 24.3 Å². The van der Waals surface area contributed by atoms with E-state index in [4.69, 9.17) is 18.9 Å². The van der Waals surface area contributed by atoms with Crippen molar-refractivity contribution in [2.24, 2.45) is 0 Å². The van der Waals surface area contributed by atoms with Crippen LogP contribution in [0.5, 0.6) is 23.0 Å². The van der Waals surface area contributed by atoms with Gasteiger partial charge in [0.05, 0.1) is 19.8 Å². The lowest BCUT2D eigenvalue weighted by Crippen LogP contribution is -2.26. The molecule has 3 rings (SSSR count). The first-order valence-corrected chi connectivity index (χ1v) is 7.60. The summed E-state index contributed by atoms with van der Waals surface area (Å²) in [6.45, 7) is 0.754. The van der Waals surface area contributed by atoms with Gasteiger partial charge in [0, 0.05) is 6.54 Å². The van der Waals surface area contributed by atoms with E-state index in [-0.39, 0.29) is 12.7 Å². The van der Waals surface area contributed by atoms with E-state index < -0.39 is 0 Å². The molecule has 126 valence electrons. The van der Waals surface area contributed by atoms with Crippen molar-refractivity contribution in [1.82, 2.24) is 5.32 Å². The van der Waals surface area contributed by atoms with Crippen LogP contribution in [0.25, 0.3) is 0 Å². The van der Waals surface area contributed by atoms with Crippen molar-refractivity contribution in [3.05, 3.63) is 47.5 Å². The molecule has 0 unspecified atom stereocenters. The van der Waals surface area contributed by atoms with E-state index in [0.29, 0.717) is 30.0 Å². The molecule has 6 heteroatoms. The number of hydrogen-bond acceptors (Lipinski definition) is 5. The van der Waals surface area contributed by atoms with Crippen LogP contribution in [-0.2, 0) is 6.42 Å². The Kier molecular flexibility index (Phi) is 4.74. The molecule has 0 atom stereocenters. The Balaban J connectivity index is 1.61. The highest BCUT2D eigenvalue weighted by molar-refractivity contribution is 5.97. The number of fused-ring (bicyclic) bond motifs is 1. The maximum atomic E-state index is 12.4. The minimum Gasteiger partial charge on any atom is -0.497 e. The van der Waals surface area contributed by atoms with Crippen LogP contribution in [0, 0.1) is 0 Å². The lowest BCUT2D eigenvalue weighted by molar-refractivity contribution is 0.0950. The number of carbonyl (C=O) groups is 1. The maximum absolute atomic E-state index is 12.4. The minimum absolute atomic E-state index is 0.202. The van der Waals surface area contributed by atoms with Crippen LogP contribution in [0.1, 0.15) is 15.9 Å². The van der Waals surface area contributed by atoms with Crippen molar-refractivity contribution in [3.63, 3.8) is 0 Å². The van der Waals surface area contributed by atoms with Gasteiger partial charge in [0.1, 0.15) is 11.5 Å². The van der Waals surface area contributed by atoms with E-state index in [1.165, 1.54) is 7.11 Å². The lowest BCUT2D eigenvalue weighted by atomic mass is 10.1. The van der Waals surface area contributed by atoms with Gasteiger partial charge in [-0.3, -0.25) is 4.79 Å². The zero-order valence-electron chi connectivity index (χ0n) is 13.6. The molecule has 0 aliphatic carbocycles. The molecule has 2 aromatic rings. The largest absolute Gasteiger partial charge is 0.497 e. The molecular formula is C18H19NO5. The summed E-state index contributed by atoms with van der Waals surface area (Å²) in [5.41, 5.74) is 1.51. The Morgan fingerprint density at radius 3 is 2.71 bits per heavy atom. The van der Waals surface area contributed by atoms with Gasteiger partial charge in [0.25, 0.3) is 5.91 Å². The number of rotatable bonds is 6.